The molecule has 0 aliphatic carbocycles. The third-order valence-corrected chi connectivity index (χ3v) is 6.15. The Hall–Kier alpha value is -4.37. The predicted molar refractivity (Wildman–Crippen MR) is 145 cm³/mol. The lowest BCUT2D eigenvalue weighted by molar-refractivity contribution is 0.0948. The lowest BCUT2D eigenvalue weighted by atomic mass is 10.0. The van der Waals surface area contributed by atoms with Gasteiger partial charge in [-0.1, -0.05) is 43.5 Å². The Bertz CT molecular complexity index is 1530. The molecular weight excluding hydrogens is 494 g/mol. The fourth-order valence-corrected chi connectivity index (χ4v) is 4.24. The van der Waals surface area contributed by atoms with Crippen molar-refractivity contribution in [3.8, 4) is 11.1 Å². The fraction of sp³-hybridized carbons (Fsp3) is 0.0714. The number of carbonyl (C=O) groups excluding carboxylic acids is 1. The van der Waals surface area contributed by atoms with Crippen LogP contribution < -0.4 is 15.6 Å². The fourth-order valence-electron chi connectivity index (χ4n) is 3.87. The molecule has 0 spiro atoms. The summed E-state index contributed by atoms with van der Waals surface area (Å²) in [5.74, 6) is -1.69. The van der Waals surface area contributed by atoms with Crippen LogP contribution in [0.25, 0.3) is 17.2 Å². The van der Waals surface area contributed by atoms with Crippen molar-refractivity contribution < 1.29 is 13.6 Å². The van der Waals surface area contributed by atoms with E-state index in [4.69, 9.17) is 0 Å². The SMILES string of the molecule is C=CSNc1[nH]cc(-c2cccc(CNC(=O)c3cccn(Cc4ccc(F)c(F)c4)c3=O)c2)c1C=C. The van der Waals surface area contributed by atoms with Gasteiger partial charge in [0.15, 0.2) is 11.6 Å². The molecular formula is C28H24F2N4O2S. The third kappa shape index (κ3) is 5.90. The maximum absolute atomic E-state index is 13.5. The van der Waals surface area contributed by atoms with E-state index >= 15 is 0 Å². The second kappa shape index (κ2) is 11.6. The van der Waals surface area contributed by atoms with Crippen LogP contribution in [-0.2, 0) is 13.1 Å². The summed E-state index contributed by atoms with van der Waals surface area (Å²) in [5.41, 5.74) is 3.45. The molecule has 9 heteroatoms. The Morgan fingerprint density at radius 3 is 2.65 bits per heavy atom. The number of pyridine rings is 1. The average Bonchev–Trinajstić information content (AvgIpc) is 3.32. The van der Waals surface area contributed by atoms with Gasteiger partial charge in [-0.2, -0.15) is 0 Å². The second-order valence-corrected chi connectivity index (χ2v) is 8.84. The van der Waals surface area contributed by atoms with Crippen molar-refractivity contribution in [1.82, 2.24) is 14.9 Å². The second-order valence-electron chi connectivity index (χ2n) is 8.07. The molecule has 0 aliphatic rings. The van der Waals surface area contributed by atoms with Gasteiger partial charge >= 0.3 is 0 Å². The van der Waals surface area contributed by atoms with Crippen LogP contribution in [-0.4, -0.2) is 15.5 Å². The molecule has 0 aliphatic heterocycles. The highest BCUT2D eigenvalue weighted by Crippen LogP contribution is 2.32. The van der Waals surface area contributed by atoms with Gasteiger partial charge in [0.05, 0.1) is 6.54 Å². The first-order valence-electron chi connectivity index (χ1n) is 11.3. The first-order chi connectivity index (χ1) is 17.9. The molecule has 37 heavy (non-hydrogen) atoms. The molecule has 0 saturated heterocycles. The number of halogens is 2. The topological polar surface area (TPSA) is 78.9 Å². The van der Waals surface area contributed by atoms with Crippen LogP contribution in [0.3, 0.4) is 0 Å². The average molecular weight is 519 g/mol. The van der Waals surface area contributed by atoms with Gasteiger partial charge in [0.1, 0.15) is 11.4 Å². The van der Waals surface area contributed by atoms with Crippen molar-refractivity contribution in [2.75, 3.05) is 4.72 Å². The lowest BCUT2D eigenvalue weighted by Crippen LogP contribution is -2.32. The van der Waals surface area contributed by atoms with E-state index in [2.05, 4.69) is 28.2 Å². The van der Waals surface area contributed by atoms with Gasteiger partial charge < -0.3 is 19.6 Å². The van der Waals surface area contributed by atoms with Crippen molar-refractivity contribution >= 4 is 29.7 Å². The molecule has 2 heterocycles. The first-order valence-corrected chi connectivity index (χ1v) is 12.2. The summed E-state index contributed by atoms with van der Waals surface area (Å²) < 4.78 is 31.2. The van der Waals surface area contributed by atoms with E-state index < -0.39 is 23.1 Å². The zero-order valence-corrected chi connectivity index (χ0v) is 20.6. The zero-order valence-electron chi connectivity index (χ0n) is 19.8. The highest BCUT2D eigenvalue weighted by Gasteiger charge is 2.14. The van der Waals surface area contributed by atoms with Crippen LogP contribution in [0.15, 0.2) is 90.4 Å². The van der Waals surface area contributed by atoms with Gasteiger partial charge in [-0.15, -0.1) is 0 Å². The molecule has 3 N–H and O–H groups in total. The van der Waals surface area contributed by atoms with Crippen molar-refractivity contribution in [1.29, 1.82) is 0 Å². The Morgan fingerprint density at radius 1 is 1.05 bits per heavy atom. The standard InChI is InChI=1S/C28H24F2N4O2S/c1-3-21-23(16-31-26(21)33-37-4-2)20-8-5-7-18(13-20)15-32-27(35)22-9-6-12-34(28(22)36)17-19-10-11-24(29)25(30)14-19/h3-14,16,31,33H,1-2,15,17H2,(H,32,35). The minimum atomic E-state index is -0.996. The van der Waals surface area contributed by atoms with Gasteiger partial charge in [-0.05, 0) is 64.4 Å². The number of nitrogens with zero attached hydrogens (tertiary/aromatic N) is 1. The Kier molecular flexibility index (Phi) is 8.05. The number of carbonyl (C=O) groups is 1. The number of hydrogen-bond donors (Lipinski definition) is 3. The Labute approximate surface area is 216 Å². The van der Waals surface area contributed by atoms with E-state index in [1.807, 2.05) is 30.5 Å². The Balaban J connectivity index is 1.48. The smallest absolute Gasteiger partial charge is 0.263 e. The number of aromatic nitrogens is 2. The normalized spacial score (nSPS) is 10.6. The van der Waals surface area contributed by atoms with Crippen molar-refractivity contribution in [2.24, 2.45) is 0 Å². The molecule has 188 valence electrons. The minimum absolute atomic E-state index is 0.00362. The summed E-state index contributed by atoms with van der Waals surface area (Å²) in [6.45, 7) is 7.79. The number of aromatic amines is 1. The molecule has 6 nitrogen and oxygen atoms in total. The third-order valence-electron chi connectivity index (χ3n) is 5.66. The number of H-pyrrole nitrogens is 1. The van der Waals surface area contributed by atoms with Gasteiger partial charge in [0.25, 0.3) is 11.5 Å². The van der Waals surface area contributed by atoms with E-state index in [9.17, 15) is 18.4 Å². The number of amides is 1. The van der Waals surface area contributed by atoms with Crippen LogP contribution in [0.2, 0.25) is 0 Å². The highest BCUT2D eigenvalue weighted by atomic mass is 32.2. The van der Waals surface area contributed by atoms with Gasteiger partial charge in [-0.3, -0.25) is 9.59 Å². The van der Waals surface area contributed by atoms with Crippen LogP contribution in [0.1, 0.15) is 27.0 Å². The van der Waals surface area contributed by atoms with Crippen molar-refractivity contribution in [3.63, 3.8) is 0 Å². The van der Waals surface area contributed by atoms with Crippen LogP contribution in [0, 0.1) is 11.6 Å². The first kappa shape index (κ1) is 25.7. The number of nitrogens with one attached hydrogen (secondary N) is 3. The summed E-state index contributed by atoms with van der Waals surface area (Å²) >= 11 is 1.34. The number of rotatable bonds is 10. The molecule has 0 unspecified atom stereocenters. The largest absolute Gasteiger partial charge is 0.348 e. The summed E-state index contributed by atoms with van der Waals surface area (Å²) in [7, 11) is 0. The van der Waals surface area contributed by atoms with Gasteiger partial charge in [-0.25, -0.2) is 8.78 Å². The predicted octanol–water partition coefficient (Wildman–Crippen LogP) is 5.95. The van der Waals surface area contributed by atoms with E-state index in [0.717, 1.165) is 40.2 Å². The van der Waals surface area contributed by atoms with Crippen LogP contribution >= 0.6 is 11.9 Å². The van der Waals surface area contributed by atoms with E-state index in [1.54, 1.807) is 17.6 Å². The van der Waals surface area contributed by atoms with Crippen LogP contribution in [0.4, 0.5) is 14.6 Å². The number of benzene rings is 2. The van der Waals surface area contributed by atoms with E-state index in [0.29, 0.717) is 5.56 Å². The summed E-state index contributed by atoms with van der Waals surface area (Å²) in [6, 6.07) is 14.1. The maximum Gasteiger partial charge on any atom is 0.263 e. The number of anilines is 1. The monoisotopic (exact) mass is 518 g/mol. The molecule has 0 atom stereocenters. The van der Waals surface area contributed by atoms with Gasteiger partial charge in [0, 0.05) is 30.1 Å². The molecule has 0 bridgehead atoms. The van der Waals surface area contributed by atoms with Crippen molar-refractivity contribution in [2.45, 2.75) is 13.1 Å². The number of hydrogen-bond acceptors (Lipinski definition) is 4. The Morgan fingerprint density at radius 2 is 1.89 bits per heavy atom. The lowest BCUT2D eigenvalue weighted by Gasteiger charge is -2.10. The molecule has 0 saturated carbocycles. The van der Waals surface area contributed by atoms with Gasteiger partial charge in [0.2, 0.25) is 0 Å². The van der Waals surface area contributed by atoms with E-state index in [-0.39, 0.29) is 18.7 Å². The highest BCUT2D eigenvalue weighted by molar-refractivity contribution is 8.03. The molecule has 0 fully saturated rings. The minimum Gasteiger partial charge on any atom is -0.348 e. The molecule has 1 amide bonds. The quantitative estimate of drug-likeness (QED) is 0.227. The summed E-state index contributed by atoms with van der Waals surface area (Å²) in [5, 5.41) is 4.47. The molecule has 4 rings (SSSR count). The van der Waals surface area contributed by atoms with Crippen molar-refractivity contribution in [3.05, 3.63) is 130 Å². The van der Waals surface area contributed by atoms with E-state index in [1.165, 1.54) is 34.8 Å². The molecule has 4 aromatic rings. The summed E-state index contributed by atoms with van der Waals surface area (Å²) in [6.07, 6.45) is 5.13. The zero-order chi connectivity index (χ0) is 26.4. The van der Waals surface area contributed by atoms with Crippen LogP contribution in [0.5, 0.6) is 0 Å². The molecule has 2 aromatic heterocycles. The summed E-state index contributed by atoms with van der Waals surface area (Å²) in [4.78, 5) is 28.9. The molecule has 0 radical (unpaired) electrons. The molecule has 2 aromatic carbocycles. The maximum atomic E-state index is 13.5.